The molecule has 19 heavy (non-hydrogen) atoms. The number of likely N-dealkylation sites (N-methyl/N-ethyl adjacent to an activating group) is 1. The van der Waals surface area contributed by atoms with Crippen LogP contribution in [0, 0.1) is 0 Å². The van der Waals surface area contributed by atoms with Crippen molar-refractivity contribution in [3.63, 3.8) is 0 Å². The molecular weight excluding hydrogens is 246 g/mol. The van der Waals surface area contributed by atoms with Crippen LogP contribution in [0.3, 0.4) is 0 Å². The fourth-order valence-corrected chi connectivity index (χ4v) is 1.74. The van der Waals surface area contributed by atoms with Gasteiger partial charge < -0.3 is 19.5 Å². The lowest BCUT2D eigenvalue weighted by Gasteiger charge is -2.29. The van der Waals surface area contributed by atoms with Crippen molar-refractivity contribution in [2.24, 2.45) is 0 Å². The van der Waals surface area contributed by atoms with Crippen molar-refractivity contribution in [1.29, 1.82) is 0 Å². The molecule has 1 N–H and O–H groups in total. The predicted octanol–water partition coefficient (Wildman–Crippen LogP) is 1.75. The molecule has 0 saturated heterocycles. The first kappa shape index (κ1) is 18.4. The second-order valence-corrected chi connectivity index (χ2v) is 5.11. The van der Waals surface area contributed by atoms with Crippen molar-refractivity contribution < 1.29 is 19.0 Å². The minimum atomic E-state index is -0.714. The smallest absolute Gasteiger partial charge is 0.326 e. The van der Waals surface area contributed by atoms with Crippen LogP contribution in [-0.2, 0) is 19.0 Å². The zero-order chi connectivity index (χ0) is 14.9. The second-order valence-electron chi connectivity index (χ2n) is 5.11. The number of hydrogen-bond donors (Lipinski definition) is 1. The third kappa shape index (κ3) is 7.50. The summed E-state index contributed by atoms with van der Waals surface area (Å²) in [6.07, 6.45) is 0.725. The van der Waals surface area contributed by atoms with Gasteiger partial charge in [-0.2, -0.15) is 0 Å². The van der Waals surface area contributed by atoms with Crippen LogP contribution in [0.1, 0.15) is 41.0 Å². The molecule has 5 nitrogen and oxygen atoms in total. The maximum atomic E-state index is 11.9. The number of hydrogen-bond acceptors (Lipinski definition) is 5. The van der Waals surface area contributed by atoms with E-state index >= 15 is 0 Å². The van der Waals surface area contributed by atoms with E-state index in [0.29, 0.717) is 26.2 Å². The lowest BCUT2D eigenvalue weighted by Crippen LogP contribution is -2.50. The maximum Gasteiger partial charge on any atom is 0.326 e. The molecule has 0 rings (SSSR count). The minimum Gasteiger partial charge on any atom is -0.465 e. The molecule has 0 saturated carbocycles. The number of carbonyl (C=O) groups excluding carboxylic acids is 1. The van der Waals surface area contributed by atoms with Crippen LogP contribution in [0.2, 0.25) is 0 Å². The lowest BCUT2D eigenvalue weighted by molar-refractivity contribution is -0.152. The summed E-state index contributed by atoms with van der Waals surface area (Å²) >= 11 is 0. The normalized spacial score (nSPS) is 16.2. The molecule has 0 aromatic carbocycles. The fourth-order valence-electron chi connectivity index (χ4n) is 1.74. The molecule has 0 aliphatic rings. The summed E-state index contributed by atoms with van der Waals surface area (Å²) in [5, 5.41) is 3.02. The highest BCUT2D eigenvalue weighted by molar-refractivity contribution is 5.80. The summed E-state index contributed by atoms with van der Waals surface area (Å²) < 4.78 is 16.1. The number of esters is 1. The lowest BCUT2D eigenvalue weighted by atomic mass is 9.95. The zero-order valence-electron chi connectivity index (χ0n) is 13.1. The van der Waals surface area contributed by atoms with E-state index in [0.717, 1.165) is 0 Å². The van der Waals surface area contributed by atoms with Crippen LogP contribution < -0.4 is 5.32 Å². The Morgan fingerprint density at radius 3 is 2.26 bits per heavy atom. The van der Waals surface area contributed by atoms with Crippen molar-refractivity contribution in [2.75, 3.05) is 26.9 Å². The molecule has 2 unspecified atom stereocenters. The third-order valence-corrected chi connectivity index (χ3v) is 2.91. The van der Waals surface area contributed by atoms with E-state index in [1.54, 1.807) is 14.0 Å². The number of rotatable bonds is 10. The van der Waals surface area contributed by atoms with Gasteiger partial charge in [-0.1, -0.05) is 0 Å². The first-order valence-electron chi connectivity index (χ1n) is 6.95. The van der Waals surface area contributed by atoms with E-state index in [4.69, 9.17) is 14.2 Å². The van der Waals surface area contributed by atoms with Crippen LogP contribution in [0.5, 0.6) is 0 Å². The molecule has 0 spiro atoms. The Kier molecular flexibility index (Phi) is 8.97. The van der Waals surface area contributed by atoms with Crippen LogP contribution in [0.25, 0.3) is 0 Å². The van der Waals surface area contributed by atoms with Crippen molar-refractivity contribution >= 4 is 5.97 Å². The Balaban J connectivity index is 4.11. The third-order valence-electron chi connectivity index (χ3n) is 2.91. The SMILES string of the molecule is CCOC(=O)C(C)(CC(C)OCCOC(C)C)NC. The maximum absolute atomic E-state index is 11.9. The predicted molar refractivity (Wildman–Crippen MR) is 75.2 cm³/mol. The highest BCUT2D eigenvalue weighted by atomic mass is 16.5. The highest BCUT2D eigenvalue weighted by Crippen LogP contribution is 2.16. The summed E-state index contributed by atoms with van der Waals surface area (Å²) in [5.74, 6) is -0.244. The molecule has 2 atom stereocenters. The fraction of sp³-hybridized carbons (Fsp3) is 0.929. The van der Waals surface area contributed by atoms with E-state index < -0.39 is 5.54 Å². The van der Waals surface area contributed by atoms with Gasteiger partial charge >= 0.3 is 5.97 Å². The van der Waals surface area contributed by atoms with Crippen LogP contribution in [-0.4, -0.2) is 50.6 Å². The van der Waals surface area contributed by atoms with Gasteiger partial charge in [0.05, 0.1) is 32.0 Å². The molecular formula is C14H29NO4. The Hall–Kier alpha value is -0.650. The topological polar surface area (TPSA) is 56.8 Å². The summed E-state index contributed by atoms with van der Waals surface area (Å²) in [4.78, 5) is 11.9. The Morgan fingerprint density at radius 1 is 1.21 bits per heavy atom. The molecule has 0 aliphatic carbocycles. The number of carbonyl (C=O) groups is 1. The van der Waals surface area contributed by atoms with Crippen molar-refractivity contribution in [1.82, 2.24) is 5.32 Å². The van der Waals surface area contributed by atoms with E-state index in [1.807, 2.05) is 27.7 Å². The molecule has 114 valence electrons. The highest BCUT2D eigenvalue weighted by Gasteiger charge is 2.34. The minimum absolute atomic E-state index is 0.0439. The monoisotopic (exact) mass is 275 g/mol. The molecule has 0 heterocycles. The second kappa shape index (κ2) is 9.28. The first-order valence-corrected chi connectivity index (χ1v) is 6.95. The van der Waals surface area contributed by atoms with Crippen LogP contribution in [0.4, 0.5) is 0 Å². The van der Waals surface area contributed by atoms with Gasteiger partial charge in [-0.25, -0.2) is 0 Å². The van der Waals surface area contributed by atoms with Gasteiger partial charge in [0.15, 0.2) is 0 Å². The Morgan fingerprint density at radius 2 is 1.79 bits per heavy atom. The molecule has 0 amide bonds. The van der Waals surface area contributed by atoms with Crippen LogP contribution in [0.15, 0.2) is 0 Å². The molecule has 0 radical (unpaired) electrons. The Bertz CT molecular complexity index is 258. The summed E-state index contributed by atoms with van der Waals surface area (Å²) in [6, 6.07) is 0. The first-order chi connectivity index (χ1) is 8.85. The number of nitrogens with one attached hydrogen (secondary N) is 1. The average molecular weight is 275 g/mol. The number of ether oxygens (including phenoxy) is 3. The molecule has 0 aromatic rings. The standard InChI is InChI=1S/C14H29NO4/c1-7-17-13(16)14(5,15-6)10-12(4)19-9-8-18-11(2)3/h11-12,15H,7-10H2,1-6H3. The van der Waals surface area contributed by atoms with Gasteiger partial charge in [0.1, 0.15) is 5.54 Å². The molecule has 5 heteroatoms. The molecule has 0 aliphatic heterocycles. The van der Waals surface area contributed by atoms with Gasteiger partial charge in [-0.15, -0.1) is 0 Å². The van der Waals surface area contributed by atoms with Gasteiger partial charge in [-0.05, 0) is 41.7 Å². The molecule has 0 fully saturated rings. The Labute approximate surface area is 117 Å². The van der Waals surface area contributed by atoms with Crippen molar-refractivity contribution in [2.45, 2.75) is 58.8 Å². The zero-order valence-corrected chi connectivity index (χ0v) is 13.1. The largest absolute Gasteiger partial charge is 0.465 e. The summed E-state index contributed by atoms with van der Waals surface area (Å²) in [6.45, 7) is 11.0. The molecule has 0 bridgehead atoms. The summed E-state index contributed by atoms with van der Waals surface area (Å²) in [7, 11) is 1.76. The van der Waals surface area contributed by atoms with Crippen molar-refractivity contribution in [3.05, 3.63) is 0 Å². The van der Waals surface area contributed by atoms with E-state index in [2.05, 4.69) is 5.32 Å². The van der Waals surface area contributed by atoms with E-state index in [9.17, 15) is 4.79 Å². The summed E-state index contributed by atoms with van der Waals surface area (Å²) in [5.41, 5.74) is -0.714. The average Bonchev–Trinajstić information content (AvgIpc) is 2.34. The van der Waals surface area contributed by atoms with E-state index in [1.165, 1.54) is 0 Å². The van der Waals surface area contributed by atoms with Crippen LogP contribution >= 0.6 is 0 Å². The molecule has 0 aromatic heterocycles. The van der Waals surface area contributed by atoms with Gasteiger partial charge in [0, 0.05) is 6.42 Å². The van der Waals surface area contributed by atoms with Crippen molar-refractivity contribution in [3.8, 4) is 0 Å². The van der Waals surface area contributed by atoms with E-state index in [-0.39, 0.29) is 18.2 Å². The quantitative estimate of drug-likeness (QED) is 0.486. The van der Waals surface area contributed by atoms with Gasteiger partial charge in [0.25, 0.3) is 0 Å². The van der Waals surface area contributed by atoms with Gasteiger partial charge in [0.2, 0.25) is 0 Å². The van der Waals surface area contributed by atoms with Gasteiger partial charge in [-0.3, -0.25) is 4.79 Å².